The summed E-state index contributed by atoms with van der Waals surface area (Å²) in [6.07, 6.45) is 0.482. The molecule has 1 aromatic carbocycles. The number of ether oxygens (including phenoxy) is 2. The van der Waals surface area contributed by atoms with Gasteiger partial charge in [-0.05, 0) is 31.5 Å². The number of carbonyl (C=O) groups is 2. The van der Waals surface area contributed by atoms with Gasteiger partial charge < -0.3 is 9.47 Å². The summed E-state index contributed by atoms with van der Waals surface area (Å²) in [5.74, 6) is -0.0344. The minimum atomic E-state index is -0.690. The first-order chi connectivity index (χ1) is 8.62. The lowest BCUT2D eigenvalue weighted by molar-refractivity contribution is -0.151. The predicted molar refractivity (Wildman–Crippen MR) is 70.9 cm³/mol. The summed E-state index contributed by atoms with van der Waals surface area (Å²) in [5, 5.41) is 0. The first-order valence-corrected chi connectivity index (χ1v) is 6.49. The lowest BCUT2D eigenvalue weighted by Crippen LogP contribution is -2.29. The van der Waals surface area contributed by atoms with E-state index < -0.39 is 12.1 Å². The summed E-state index contributed by atoms with van der Waals surface area (Å²) >= 11 is 3.27. The molecule has 0 aliphatic heterocycles. The molecule has 0 aliphatic rings. The highest BCUT2D eigenvalue weighted by atomic mass is 79.9. The Morgan fingerprint density at radius 3 is 2.72 bits per heavy atom. The third-order valence-corrected chi connectivity index (χ3v) is 2.78. The zero-order valence-electron chi connectivity index (χ0n) is 10.3. The zero-order chi connectivity index (χ0) is 13.5. The van der Waals surface area contributed by atoms with Crippen LogP contribution in [0.15, 0.2) is 22.7 Å². The topological polar surface area (TPSA) is 52.6 Å². The fraction of sp³-hybridized carbons (Fsp3) is 0.385. The molecule has 0 saturated heterocycles. The van der Waals surface area contributed by atoms with Gasteiger partial charge in [-0.25, -0.2) is 4.79 Å². The normalized spacial score (nSPS) is 11.7. The third-order valence-electron chi connectivity index (χ3n) is 2.29. The van der Waals surface area contributed by atoms with E-state index in [0.717, 1.165) is 4.47 Å². The molecule has 0 N–H and O–H groups in total. The highest BCUT2D eigenvalue weighted by Crippen LogP contribution is 2.23. The Morgan fingerprint density at radius 1 is 1.44 bits per heavy atom. The van der Waals surface area contributed by atoms with Gasteiger partial charge in [-0.1, -0.05) is 22.9 Å². The Kier molecular flexibility index (Phi) is 5.85. The van der Waals surface area contributed by atoms with Gasteiger partial charge in [0.2, 0.25) is 0 Å². The number of aldehydes is 1. The van der Waals surface area contributed by atoms with Crippen molar-refractivity contribution in [3.8, 4) is 5.75 Å². The number of hydrogen-bond acceptors (Lipinski definition) is 4. The minimum absolute atomic E-state index is 0.305. The summed E-state index contributed by atoms with van der Waals surface area (Å²) < 4.78 is 11.2. The third kappa shape index (κ3) is 3.84. The Labute approximate surface area is 114 Å². The molecule has 1 rings (SSSR count). The van der Waals surface area contributed by atoms with Crippen LogP contribution in [0.2, 0.25) is 0 Å². The molecule has 4 nitrogen and oxygen atoms in total. The first kappa shape index (κ1) is 14.7. The Hall–Kier alpha value is -1.36. The quantitative estimate of drug-likeness (QED) is 0.598. The van der Waals surface area contributed by atoms with E-state index in [1.807, 2.05) is 6.92 Å². The Balaban J connectivity index is 2.87. The summed E-state index contributed by atoms with van der Waals surface area (Å²) in [6, 6.07) is 5.04. The number of carbonyl (C=O) groups excluding carboxylic acids is 2. The molecule has 18 heavy (non-hydrogen) atoms. The maximum Gasteiger partial charge on any atom is 0.347 e. The van der Waals surface area contributed by atoms with Crippen LogP contribution in [-0.4, -0.2) is 25.0 Å². The average molecular weight is 315 g/mol. The van der Waals surface area contributed by atoms with Crippen molar-refractivity contribution >= 4 is 28.2 Å². The van der Waals surface area contributed by atoms with Gasteiger partial charge in [0, 0.05) is 4.47 Å². The summed E-state index contributed by atoms with van der Waals surface area (Å²) in [4.78, 5) is 22.5. The van der Waals surface area contributed by atoms with Crippen LogP contribution in [0.25, 0.3) is 0 Å². The molecule has 1 unspecified atom stereocenters. The summed E-state index contributed by atoms with van der Waals surface area (Å²) in [6.45, 7) is 3.86. The van der Waals surface area contributed by atoms with Gasteiger partial charge in [0.1, 0.15) is 5.75 Å². The number of hydrogen-bond donors (Lipinski definition) is 0. The smallest absolute Gasteiger partial charge is 0.347 e. The largest absolute Gasteiger partial charge is 0.478 e. The van der Waals surface area contributed by atoms with Crippen molar-refractivity contribution in [3.63, 3.8) is 0 Å². The number of esters is 1. The molecule has 0 spiro atoms. The first-order valence-electron chi connectivity index (χ1n) is 5.70. The van der Waals surface area contributed by atoms with E-state index in [9.17, 15) is 9.59 Å². The fourth-order valence-corrected chi connectivity index (χ4v) is 1.78. The molecular weight excluding hydrogens is 300 g/mol. The van der Waals surface area contributed by atoms with Crippen LogP contribution >= 0.6 is 15.9 Å². The number of halogens is 1. The van der Waals surface area contributed by atoms with E-state index in [0.29, 0.717) is 30.6 Å². The maximum absolute atomic E-state index is 11.6. The molecule has 1 atom stereocenters. The van der Waals surface area contributed by atoms with E-state index in [4.69, 9.17) is 9.47 Å². The minimum Gasteiger partial charge on any atom is -0.478 e. The molecule has 98 valence electrons. The molecule has 0 heterocycles. The molecule has 1 aromatic rings. The SMILES string of the molecule is CCOC(=O)C(CC)Oc1ccc(Br)cc1C=O. The Morgan fingerprint density at radius 2 is 2.17 bits per heavy atom. The predicted octanol–water partition coefficient (Wildman–Crippen LogP) is 2.98. The molecule has 0 aliphatic carbocycles. The number of benzene rings is 1. The van der Waals surface area contributed by atoms with Crippen molar-refractivity contribution in [1.82, 2.24) is 0 Å². The highest BCUT2D eigenvalue weighted by Gasteiger charge is 2.20. The van der Waals surface area contributed by atoms with Crippen LogP contribution in [0.5, 0.6) is 5.75 Å². The van der Waals surface area contributed by atoms with Crippen LogP contribution in [0, 0.1) is 0 Å². The van der Waals surface area contributed by atoms with Gasteiger partial charge in [0.05, 0.1) is 12.2 Å². The van der Waals surface area contributed by atoms with Crippen molar-refractivity contribution in [2.24, 2.45) is 0 Å². The molecule has 0 radical (unpaired) electrons. The molecule has 0 bridgehead atoms. The van der Waals surface area contributed by atoms with Gasteiger partial charge in [-0.2, -0.15) is 0 Å². The fourth-order valence-electron chi connectivity index (χ4n) is 1.41. The van der Waals surface area contributed by atoms with Gasteiger partial charge in [-0.3, -0.25) is 4.79 Å². The standard InChI is InChI=1S/C13H15BrO4/c1-3-11(13(16)17-4-2)18-12-6-5-10(14)7-9(12)8-15/h5-8,11H,3-4H2,1-2H3. The Bertz CT molecular complexity index is 431. The molecule has 0 amide bonds. The van der Waals surface area contributed by atoms with Crippen molar-refractivity contribution in [3.05, 3.63) is 28.2 Å². The van der Waals surface area contributed by atoms with E-state index >= 15 is 0 Å². The van der Waals surface area contributed by atoms with Crippen LogP contribution < -0.4 is 4.74 Å². The van der Waals surface area contributed by atoms with Crippen molar-refractivity contribution in [2.45, 2.75) is 26.4 Å². The highest BCUT2D eigenvalue weighted by molar-refractivity contribution is 9.10. The molecule has 5 heteroatoms. The van der Waals surface area contributed by atoms with Crippen LogP contribution in [-0.2, 0) is 9.53 Å². The monoisotopic (exact) mass is 314 g/mol. The summed E-state index contributed by atoms with van der Waals surface area (Å²) in [5.41, 5.74) is 0.395. The lowest BCUT2D eigenvalue weighted by atomic mass is 10.2. The van der Waals surface area contributed by atoms with Crippen molar-refractivity contribution in [1.29, 1.82) is 0 Å². The zero-order valence-corrected chi connectivity index (χ0v) is 11.9. The van der Waals surface area contributed by atoms with E-state index in [1.54, 1.807) is 25.1 Å². The second-order valence-electron chi connectivity index (χ2n) is 3.57. The molecular formula is C13H15BrO4. The van der Waals surface area contributed by atoms with Gasteiger partial charge in [0.25, 0.3) is 0 Å². The van der Waals surface area contributed by atoms with Crippen molar-refractivity contribution in [2.75, 3.05) is 6.61 Å². The number of rotatable bonds is 6. The maximum atomic E-state index is 11.6. The van der Waals surface area contributed by atoms with E-state index in [1.165, 1.54) is 0 Å². The van der Waals surface area contributed by atoms with E-state index in [2.05, 4.69) is 15.9 Å². The van der Waals surface area contributed by atoms with Crippen LogP contribution in [0.3, 0.4) is 0 Å². The molecule has 0 aromatic heterocycles. The van der Waals surface area contributed by atoms with Crippen molar-refractivity contribution < 1.29 is 19.1 Å². The summed E-state index contributed by atoms with van der Waals surface area (Å²) in [7, 11) is 0. The van der Waals surface area contributed by atoms with Crippen LogP contribution in [0.1, 0.15) is 30.6 Å². The van der Waals surface area contributed by atoms with E-state index in [-0.39, 0.29) is 0 Å². The van der Waals surface area contributed by atoms with Crippen LogP contribution in [0.4, 0.5) is 0 Å². The molecule has 0 saturated carbocycles. The second kappa shape index (κ2) is 7.16. The second-order valence-corrected chi connectivity index (χ2v) is 4.48. The van der Waals surface area contributed by atoms with Gasteiger partial charge >= 0.3 is 5.97 Å². The average Bonchev–Trinajstić information content (AvgIpc) is 2.37. The lowest BCUT2D eigenvalue weighted by Gasteiger charge is -2.17. The molecule has 0 fully saturated rings. The van der Waals surface area contributed by atoms with Gasteiger partial charge in [-0.15, -0.1) is 0 Å². The van der Waals surface area contributed by atoms with Gasteiger partial charge in [0.15, 0.2) is 12.4 Å².